The average Bonchev–Trinajstić information content (AvgIpc) is 2.29. The summed E-state index contributed by atoms with van der Waals surface area (Å²) >= 11 is 0. The standard InChI is InChI=1S/C11H21N3O4/c12-8(5-6-9(13)15)11(18)14-7-3-1-2-4-10(16)17/h8H,1-7,12H2,(H2,13,15)(H,14,18)(H,16,17)/t8-/m0/s1. The van der Waals surface area contributed by atoms with Crippen LogP contribution in [0.15, 0.2) is 0 Å². The van der Waals surface area contributed by atoms with Gasteiger partial charge in [0.05, 0.1) is 6.04 Å². The van der Waals surface area contributed by atoms with E-state index in [2.05, 4.69) is 5.32 Å². The van der Waals surface area contributed by atoms with Crippen molar-refractivity contribution < 1.29 is 19.5 Å². The molecule has 0 aliphatic rings. The van der Waals surface area contributed by atoms with Crippen molar-refractivity contribution in [3.8, 4) is 0 Å². The van der Waals surface area contributed by atoms with Crippen LogP contribution in [0.25, 0.3) is 0 Å². The Kier molecular flexibility index (Phi) is 8.55. The Hall–Kier alpha value is -1.63. The second kappa shape index (κ2) is 9.41. The smallest absolute Gasteiger partial charge is 0.303 e. The van der Waals surface area contributed by atoms with Gasteiger partial charge in [0.1, 0.15) is 0 Å². The van der Waals surface area contributed by atoms with Crippen LogP contribution >= 0.6 is 0 Å². The third kappa shape index (κ3) is 9.59. The first-order chi connectivity index (χ1) is 8.43. The Bertz CT molecular complexity index is 294. The first-order valence-electron chi connectivity index (χ1n) is 5.97. The van der Waals surface area contributed by atoms with Crippen molar-refractivity contribution >= 4 is 17.8 Å². The van der Waals surface area contributed by atoms with Gasteiger partial charge in [-0.3, -0.25) is 14.4 Å². The van der Waals surface area contributed by atoms with Gasteiger partial charge in [-0.05, 0) is 19.3 Å². The molecule has 7 heteroatoms. The molecule has 0 aromatic carbocycles. The Morgan fingerprint density at radius 1 is 1.11 bits per heavy atom. The van der Waals surface area contributed by atoms with Crippen molar-refractivity contribution in [2.75, 3.05) is 6.54 Å². The normalized spacial score (nSPS) is 11.8. The van der Waals surface area contributed by atoms with E-state index in [1.165, 1.54) is 0 Å². The maximum Gasteiger partial charge on any atom is 0.303 e. The van der Waals surface area contributed by atoms with E-state index in [4.69, 9.17) is 16.6 Å². The molecule has 0 unspecified atom stereocenters. The van der Waals surface area contributed by atoms with Gasteiger partial charge in [-0.15, -0.1) is 0 Å². The van der Waals surface area contributed by atoms with Crippen molar-refractivity contribution in [2.45, 2.75) is 44.6 Å². The molecule has 0 saturated carbocycles. The van der Waals surface area contributed by atoms with E-state index in [9.17, 15) is 14.4 Å². The molecule has 0 fully saturated rings. The van der Waals surface area contributed by atoms with Gasteiger partial charge in [0.15, 0.2) is 0 Å². The molecule has 0 heterocycles. The number of carbonyl (C=O) groups is 3. The van der Waals surface area contributed by atoms with Crippen molar-refractivity contribution in [1.82, 2.24) is 5.32 Å². The number of amides is 2. The Morgan fingerprint density at radius 3 is 2.33 bits per heavy atom. The van der Waals surface area contributed by atoms with Gasteiger partial charge in [0.25, 0.3) is 0 Å². The highest BCUT2D eigenvalue weighted by atomic mass is 16.4. The minimum atomic E-state index is -0.812. The largest absolute Gasteiger partial charge is 0.481 e. The molecule has 7 nitrogen and oxygen atoms in total. The van der Waals surface area contributed by atoms with Gasteiger partial charge < -0.3 is 21.9 Å². The number of hydrogen-bond donors (Lipinski definition) is 4. The molecule has 104 valence electrons. The van der Waals surface area contributed by atoms with Gasteiger partial charge in [-0.1, -0.05) is 6.42 Å². The molecule has 0 spiro atoms. The van der Waals surface area contributed by atoms with Gasteiger partial charge in [0, 0.05) is 19.4 Å². The molecule has 0 aromatic heterocycles. The number of rotatable bonds is 10. The summed E-state index contributed by atoms with van der Waals surface area (Å²) in [5, 5.41) is 11.0. The number of carboxylic acid groups (broad SMARTS) is 1. The number of unbranched alkanes of at least 4 members (excludes halogenated alkanes) is 2. The predicted molar refractivity (Wildman–Crippen MR) is 65.5 cm³/mol. The van der Waals surface area contributed by atoms with Crippen molar-refractivity contribution in [1.29, 1.82) is 0 Å². The lowest BCUT2D eigenvalue weighted by Crippen LogP contribution is -2.41. The summed E-state index contributed by atoms with van der Waals surface area (Å²) in [5.41, 5.74) is 10.5. The molecule has 18 heavy (non-hydrogen) atoms. The third-order valence-corrected chi connectivity index (χ3v) is 2.41. The molecular weight excluding hydrogens is 238 g/mol. The topological polar surface area (TPSA) is 136 Å². The second-order valence-electron chi connectivity index (χ2n) is 4.11. The molecule has 0 aliphatic carbocycles. The van der Waals surface area contributed by atoms with E-state index in [0.29, 0.717) is 19.4 Å². The summed E-state index contributed by atoms with van der Waals surface area (Å²) in [6.07, 6.45) is 2.52. The van der Waals surface area contributed by atoms with E-state index >= 15 is 0 Å². The Balaban J connectivity index is 3.51. The SMILES string of the molecule is NC(=O)CC[C@H](N)C(=O)NCCCCCC(=O)O. The molecule has 0 radical (unpaired) electrons. The van der Waals surface area contributed by atoms with E-state index in [0.717, 1.165) is 6.42 Å². The lowest BCUT2D eigenvalue weighted by atomic mass is 10.1. The maximum absolute atomic E-state index is 11.4. The van der Waals surface area contributed by atoms with E-state index in [-0.39, 0.29) is 25.2 Å². The molecule has 0 saturated heterocycles. The molecule has 0 aromatic rings. The first-order valence-corrected chi connectivity index (χ1v) is 5.97. The average molecular weight is 259 g/mol. The zero-order valence-corrected chi connectivity index (χ0v) is 10.4. The fourth-order valence-corrected chi connectivity index (χ4v) is 1.35. The highest BCUT2D eigenvalue weighted by Gasteiger charge is 2.13. The van der Waals surface area contributed by atoms with Crippen LogP contribution in [0.5, 0.6) is 0 Å². The predicted octanol–water partition coefficient (Wildman–Crippen LogP) is -0.660. The van der Waals surface area contributed by atoms with Gasteiger partial charge in [0.2, 0.25) is 11.8 Å². The summed E-state index contributed by atoms with van der Waals surface area (Å²) in [6, 6.07) is -0.725. The van der Waals surface area contributed by atoms with Crippen LogP contribution in [0.4, 0.5) is 0 Å². The van der Waals surface area contributed by atoms with Crippen LogP contribution in [-0.4, -0.2) is 35.5 Å². The highest BCUT2D eigenvalue weighted by Crippen LogP contribution is 1.99. The number of carboxylic acids is 1. The zero-order valence-electron chi connectivity index (χ0n) is 10.4. The number of carbonyl (C=O) groups excluding carboxylic acids is 2. The van der Waals surface area contributed by atoms with Crippen molar-refractivity contribution in [3.05, 3.63) is 0 Å². The van der Waals surface area contributed by atoms with Crippen LogP contribution in [0, 0.1) is 0 Å². The number of hydrogen-bond acceptors (Lipinski definition) is 4. The summed E-state index contributed by atoms with van der Waals surface area (Å²) in [5.74, 6) is -1.60. The molecule has 0 aliphatic heterocycles. The Morgan fingerprint density at radius 2 is 1.78 bits per heavy atom. The number of primary amides is 1. The van der Waals surface area contributed by atoms with Gasteiger partial charge in [-0.25, -0.2) is 0 Å². The van der Waals surface area contributed by atoms with E-state index in [1.54, 1.807) is 0 Å². The summed E-state index contributed by atoms with van der Waals surface area (Å²) in [7, 11) is 0. The molecule has 0 rings (SSSR count). The monoisotopic (exact) mass is 259 g/mol. The quantitative estimate of drug-likeness (QED) is 0.386. The summed E-state index contributed by atoms with van der Waals surface area (Å²) in [4.78, 5) is 32.1. The number of nitrogens with one attached hydrogen (secondary N) is 1. The lowest BCUT2D eigenvalue weighted by Gasteiger charge is -2.11. The molecule has 1 atom stereocenters. The van der Waals surface area contributed by atoms with Gasteiger partial charge >= 0.3 is 5.97 Å². The minimum Gasteiger partial charge on any atom is -0.481 e. The Labute approximate surface area is 106 Å². The fraction of sp³-hybridized carbons (Fsp3) is 0.727. The maximum atomic E-state index is 11.4. The lowest BCUT2D eigenvalue weighted by molar-refractivity contribution is -0.137. The molecule has 2 amide bonds. The third-order valence-electron chi connectivity index (χ3n) is 2.41. The van der Waals surface area contributed by atoms with Crippen LogP contribution in [0.2, 0.25) is 0 Å². The summed E-state index contributed by atoms with van der Waals surface area (Å²) in [6.45, 7) is 0.461. The second-order valence-corrected chi connectivity index (χ2v) is 4.11. The van der Waals surface area contributed by atoms with E-state index < -0.39 is 17.9 Å². The van der Waals surface area contributed by atoms with Crippen LogP contribution in [-0.2, 0) is 14.4 Å². The number of nitrogens with two attached hydrogens (primary N) is 2. The highest BCUT2D eigenvalue weighted by molar-refractivity contribution is 5.82. The molecule has 0 bridgehead atoms. The first kappa shape index (κ1) is 16.4. The van der Waals surface area contributed by atoms with Gasteiger partial charge in [-0.2, -0.15) is 0 Å². The van der Waals surface area contributed by atoms with E-state index in [1.807, 2.05) is 0 Å². The molecule has 6 N–H and O–H groups in total. The van der Waals surface area contributed by atoms with Crippen molar-refractivity contribution in [2.24, 2.45) is 11.5 Å². The minimum absolute atomic E-state index is 0.0905. The van der Waals surface area contributed by atoms with Crippen LogP contribution in [0.1, 0.15) is 38.5 Å². The summed E-state index contributed by atoms with van der Waals surface area (Å²) < 4.78 is 0. The fourth-order valence-electron chi connectivity index (χ4n) is 1.35. The zero-order chi connectivity index (χ0) is 14.0. The number of aliphatic carboxylic acids is 1. The van der Waals surface area contributed by atoms with Crippen LogP contribution in [0.3, 0.4) is 0 Å². The van der Waals surface area contributed by atoms with Crippen LogP contribution < -0.4 is 16.8 Å². The molecular formula is C11H21N3O4. The van der Waals surface area contributed by atoms with Crippen molar-refractivity contribution in [3.63, 3.8) is 0 Å².